The molecule has 4 nitrogen and oxygen atoms in total. The number of fused-ring (bicyclic) bond motifs is 1. The number of para-hydroxylation sites is 1. The Balaban J connectivity index is 1.41. The highest BCUT2D eigenvalue weighted by atomic mass is 19.1. The van der Waals surface area contributed by atoms with Gasteiger partial charge in [0, 0.05) is 43.1 Å². The van der Waals surface area contributed by atoms with E-state index in [4.69, 9.17) is 0 Å². The van der Waals surface area contributed by atoms with E-state index in [1.54, 1.807) is 6.07 Å². The van der Waals surface area contributed by atoms with Gasteiger partial charge in [0.25, 0.3) is 0 Å². The molecule has 0 aliphatic carbocycles. The van der Waals surface area contributed by atoms with Gasteiger partial charge in [0.2, 0.25) is 5.91 Å². The molecule has 0 atom stereocenters. The molecule has 0 spiro atoms. The normalized spacial score (nSPS) is 16.5. The summed E-state index contributed by atoms with van der Waals surface area (Å²) in [6, 6.07) is 13.3. The molecule has 1 fully saturated rings. The van der Waals surface area contributed by atoms with E-state index in [0.29, 0.717) is 12.1 Å². The van der Waals surface area contributed by atoms with Gasteiger partial charge in [-0.3, -0.25) is 4.79 Å². The molecular weight excluding hydrogens is 341 g/mol. The number of carbonyl (C=O) groups is 1. The number of amides is 1. The summed E-state index contributed by atoms with van der Waals surface area (Å²) < 4.78 is 14.4. The average molecular weight is 367 g/mol. The van der Waals surface area contributed by atoms with Crippen LogP contribution in [0.1, 0.15) is 30.4 Å². The number of nitrogens with one attached hydrogen (secondary N) is 1. The van der Waals surface area contributed by atoms with Gasteiger partial charge < -0.3 is 15.1 Å². The Labute approximate surface area is 160 Å². The van der Waals surface area contributed by atoms with Crippen molar-refractivity contribution in [2.75, 3.05) is 36.0 Å². The molecule has 1 saturated heterocycles. The monoisotopic (exact) mass is 367 g/mol. The van der Waals surface area contributed by atoms with Gasteiger partial charge in [-0.2, -0.15) is 0 Å². The third-order valence-electron chi connectivity index (χ3n) is 5.53. The first-order chi connectivity index (χ1) is 13.2. The molecule has 0 bridgehead atoms. The summed E-state index contributed by atoms with van der Waals surface area (Å²) in [5, 5.41) is 3.18. The standard InChI is InChI=1S/C22H26FN3O/c23-19-9-5-11-21(25-12-3-4-13-25)18(19)15-24-16-22(27)26-14-6-8-17-7-1-2-10-20(17)26/h1-2,5,7,9-11,24H,3-4,6,8,12-16H2. The molecule has 1 N–H and O–H groups in total. The number of benzene rings is 2. The van der Waals surface area contributed by atoms with Crippen LogP contribution < -0.4 is 15.1 Å². The molecule has 0 saturated carbocycles. The predicted octanol–water partition coefficient (Wildman–Crippen LogP) is 3.49. The SMILES string of the molecule is O=C(CNCc1c(F)cccc1N1CCCC1)N1CCCc2ccccc21. The number of nitrogens with zero attached hydrogens (tertiary/aromatic N) is 2. The quantitative estimate of drug-likeness (QED) is 0.879. The summed E-state index contributed by atoms with van der Waals surface area (Å²) in [4.78, 5) is 16.8. The highest BCUT2D eigenvalue weighted by molar-refractivity contribution is 5.95. The maximum absolute atomic E-state index is 14.4. The summed E-state index contributed by atoms with van der Waals surface area (Å²) in [5.74, 6) is -0.163. The molecule has 2 aliphatic rings. The van der Waals surface area contributed by atoms with Crippen LogP contribution in [0.2, 0.25) is 0 Å². The number of anilines is 2. The minimum absolute atomic E-state index is 0.0428. The lowest BCUT2D eigenvalue weighted by atomic mass is 10.0. The number of hydrogen-bond acceptors (Lipinski definition) is 3. The summed E-state index contributed by atoms with van der Waals surface area (Å²) in [6.07, 6.45) is 4.30. The van der Waals surface area contributed by atoms with Crippen molar-refractivity contribution in [1.29, 1.82) is 0 Å². The number of carbonyl (C=O) groups excluding carboxylic acids is 1. The van der Waals surface area contributed by atoms with Gasteiger partial charge in [0.05, 0.1) is 6.54 Å². The smallest absolute Gasteiger partial charge is 0.240 e. The number of hydrogen-bond donors (Lipinski definition) is 1. The minimum atomic E-state index is -0.206. The second kappa shape index (κ2) is 8.09. The van der Waals surface area contributed by atoms with Gasteiger partial charge in [-0.25, -0.2) is 4.39 Å². The van der Waals surface area contributed by atoms with Crippen molar-refractivity contribution in [2.45, 2.75) is 32.2 Å². The molecule has 0 aromatic heterocycles. The maximum Gasteiger partial charge on any atom is 0.240 e. The van der Waals surface area contributed by atoms with Crippen LogP contribution in [0.15, 0.2) is 42.5 Å². The first-order valence-corrected chi connectivity index (χ1v) is 9.85. The van der Waals surface area contributed by atoms with E-state index in [2.05, 4.69) is 16.3 Å². The zero-order chi connectivity index (χ0) is 18.6. The summed E-state index contributed by atoms with van der Waals surface area (Å²) in [5.41, 5.74) is 3.85. The van der Waals surface area contributed by atoms with Crippen LogP contribution in [0.25, 0.3) is 0 Å². The summed E-state index contributed by atoms with van der Waals surface area (Å²) in [6.45, 7) is 3.26. The first-order valence-electron chi connectivity index (χ1n) is 9.85. The van der Waals surface area contributed by atoms with Crippen molar-refractivity contribution >= 4 is 17.3 Å². The van der Waals surface area contributed by atoms with Gasteiger partial charge in [0.15, 0.2) is 0 Å². The number of aryl methyl sites for hydroxylation is 1. The summed E-state index contributed by atoms with van der Waals surface area (Å²) >= 11 is 0. The topological polar surface area (TPSA) is 35.6 Å². The molecule has 27 heavy (non-hydrogen) atoms. The van der Waals surface area contributed by atoms with Crippen molar-refractivity contribution in [1.82, 2.24) is 5.32 Å². The van der Waals surface area contributed by atoms with Crippen LogP contribution in [0.4, 0.5) is 15.8 Å². The van der Waals surface area contributed by atoms with Gasteiger partial charge >= 0.3 is 0 Å². The fourth-order valence-corrected chi connectivity index (χ4v) is 4.16. The molecular formula is C22H26FN3O. The van der Waals surface area contributed by atoms with E-state index >= 15 is 0 Å². The summed E-state index contributed by atoms with van der Waals surface area (Å²) in [7, 11) is 0. The second-order valence-electron chi connectivity index (χ2n) is 7.31. The predicted molar refractivity (Wildman–Crippen MR) is 107 cm³/mol. The third-order valence-corrected chi connectivity index (χ3v) is 5.53. The highest BCUT2D eigenvalue weighted by Gasteiger charge is 2.22. The van der Waals surface area contributed by atoms with Crippen molar-refractivity contribution in [3.8, 4) is 0 Å². The largest absolute Gasteiger partial charge is 0.371 e. The van der Waals surface area contributed by atoms with E-state index < -0.39 is 0 Å². The molecule has 0 radical (unpaired) electrons. The van der Waals surface area contributed by atoms with Crippen LogP contribution in [0.5, 0.6) is 0 Å². The van der Waals surface area contributed by atoms with Crippen LogP contribution in [0, 0.1) is 5.82 Å². The van der Waals surface area contributed by atoms with Crippen LogP contribution in [0.3, 0.4) is 0 Å². The molecule has 2 aromatic rings. The molecule has 0 unspecified atom stereocenters. The Hall–Kier alpha value is -2.40. The van der Waals surface area contributed by atoms with Crippen molar-refractivity contribution in [3.63, 3.8) is 0 Å². The Morgan fingerprint density at radius 1 is 0.963 bits per heavy atom. The molecule has 5 heteroatoms. The fraction of sp³-hybridized carbons (Fsp3) is 0.409. The van der Waals surface area contributed by atoms with Crippen molar-refractivity contribution in [3.05, 3.63) is 59.4 Å². The van der Waals surface area contributed by atoms with E-state index in [9.17, 15) is 9.18 Å². The minimum Gasteiger partial charge on any atom is -0.371 e. The lowest BCUT2D eigenvalue weighted by Gasteiger charge is -2.29. The Morgan fingerprint density at radius 2 is 1.74 bits per heavy atom. The average Bonchev–Trinajstić information content (AvgIpc) is 3.23. The fourth-order valence-electron chi connectivity index (χ4n) is 4.16. The Kier molecular flexibility index (Phi) is 5.39. The van der Waals surface area contributed by atoms with E-state index in [1.807, 2.05) is 29.2 Å². The third kappa shape index (κ3) is 3.83. The highest BCUT2D eigenvalue weighted by Crippen LogP contribution is 2.28. The van der Waals surface area contributed by atoms with Gasteiger partial charge in [-0.15, -0.1) is 0 Å². The van der Waals surface area contributed by atoms with E-state index in [0.717, 1.165) is 56.7 Å². The Morgan fingerprint density at radius 3 is 2.59 bits per heavy atom. The van der Waals surface area contributed by atoms with Crippen LogP contribution in [-0.2, 0) is 17.8 Å². The zero-order valence-corrected chi connectivity index (χ0v) is 15.6. The van der Waals surface area contributed by atoms with E-state index in [1.165, 1.54) is 11.6 Å². The molecule has 2 aliphatic heterocycles. The molecule has 142 valence electrons. The van der Waals surface area contributed by atoms with Gasteiger partial charge in [-0.05, 0) is 49.4 Å². The number of rotatable bonds is 5. The first kappa shape index (κ1) is 18.0. The van der Waals surface area contributed by atoms with Crippen LogP contribution >= 0.6 is 0 Å². The van der Waals surface area contributed by atoms with Crippen molar-refractivity contribution in [2.24, 2.45) is 0 Å². The number of halogens is 1. The maximum atomic E-state index is 14.4. The lowest BCUT2D eigenvalue weighted by molar-refractivity contribution is -0.117. The molecule has 4 rings (SSSR count). The molecule has 1 amide bonds. The van der Waals surface area contributed by atoms with Crippen LogP contribution in [-0.4, -0.2) is 32.1 Å². The molecule has 2 aromatic carbocycles. The van der Waals surface area contributed by atoms with Crippen molar-refractivity contribution < 1.29 is 9.18 Å². The second-order valence-corrected chi connectivity index (χ2v) is 7.31. The van der Waals surface area contributed by atoms with Gasteiger partial charge in [-0.1, -0.05) is 24.3 Å². The zero-order valence-electron chi connectivity index (χ0n) is 15.6. The molecule has 2 heterocycles. The van der Waals surface area contributed by atoms with Gasteiger partial charge in [0.1, 0.15) is 5.82 Å². The Bertz CT molecular complexity index is 817. The lowest BCUT2D eigenvalue weighted by Crippen LogP contribution is -2.41. The van der Waals surface area contributed by atoms with E-state index in [-0.39, 0.29) is 18.3 Å².